The number of nitrogens with one attached hydrogen (secondary N) is 1. The number of hydrogen-bond acceptors (Lipinski definition) is 3. The first-order valence-corrected chi connectivity index (χ1v) is 6.63. The average Bonchev–Trinajstić information content (AvgIpc) is 2.91. The molecule has 94 valence electrons. The summed E-state index contributed by atoms with van der Waals surface area (Å²) in [5, 5.41) is 5.81. The normalized spacial score (nSPS) is 15.3. The minimum absolute atomic E-state index is 1.08. The fourth-order valence-corrected chi connectivity index (χ4v) is 2.85. The highest BCUT2D eigenvalue weighted by Crippen LogP contribution is 2.33. The van der Waals surface area contributed by atoms with Gasteiger partial charge in [-0.05, 0) is 19.8 Å². The second kappa shape index (κ2) is 4.48. The van der Waals surface area contributed by atoms with Gasteiger partial charge in [0.05, 0.1) is 11.4 Å². The van der Waals surface area contributed by atoms with Gasteiger partial charge in [-0.1, -0.05) is 24.3 Å². The molecule has 1 N–H and O–H groups in total. The monoisotopic (exact) mass is 241 g/mol. The van der Waals surface area contributed by atoms with Crippen LogP contribution in [0.4, 0.5) is 11.5 Å². The van der Waals surface area contributed by atoms with E-state index in [0.29, 0.717) is 0 Å². The Morgan fingerprint density at radius 3 is 2.44 bits per heavy atom. The van der Waals surface area contributed by atoms with Gasteiger partial charge in [0.25, 0.3) is 0 Å². The first-order valence-electron chi connectivity index (χ1n) is 6.63. The van der Waals surface area contributed by atoms with Crippen LogP contribution < -0.4 is 10.2 Å². The Bertz CT molecular complexity index is 571. The summed E-state index contributed by atoms with van der Waals surface area (Å²) in [5.41, 5.74) is 2.23. The summed E-state index contributed by atoms with van der Waals surface area (Å²) in [4.78, 5) is 7.23. The van der Waals surface area contributed by atoms with Crippen molar-refractivity contribution in [2.45, 2.75) is 19.8 Å². The van der Waals surface area contributed by atoms with Gasteiger partial charge >= 0.3 is 0 Å². The van der Waals surface area contributed by atoms with Crippen LogP contribution in [0.3, 0.4) is 0 Å². The van der Waals surface area contributed by atoms with Gasteiger partial charge in [0.1, 0.15) is 5.82 Å². The van der Waals surface area contributed by atoms with Crippen molar-refractivity contribution in [2.24, 2.45) is 0 Å². The fraction of sp³-hybridized carbons (Fsp3) is 0.400. The average molecular weight is 241 g/mol. The minimum atomic E-state index is 1.08. The highest BCUT2D eigenvalue weighted by molar-refractivity contribution is 6.01. The molecule has 0 amide bonds. The molecule has 1 aliphatic rings. The van der Waals surface area contributed by atoms with Crippen molar-refractivity contribution in [2.75, 3.05) is 30.4 Å². The maximum absolute atomic E-state index is 4.82. The van der Waals surface area contributed by atoms with E-state index in [9.17, 15) is 0 Å². The molecule has 2 aromatic rings. The molecule has 18 heavy (non-hydrogen) atoms. The fourth-order valence-electron chi connectivity index (χ4n) is 2.85. The Hall–Kier alpha value is -1.77. The van der Waals surface area contributed by atoms with Crippen LogP contribution in [-0.4, -0.2) is 25.1 Å². The zero-order valence-corrected chi connectivity index (χ0v) is 11.0. The first-order chi connectivity index (χ1) is 8.81. The van der Waals surface area contributed by atoms with Gasteiger partial charge in [-0.15, -0.1) is 0 Å². The topological polar surface area (TPSA) is 28.2 Å². The molecule has 1 aromatic carbocycles. The molecule has 0 atom stereocenters. The zero-order chi connectivity index (χ0) is 12.5. The summed E-state index contributed by atoms with van der Waals surface area (Å²) >= 11 is 0. The van der Waals surface area contributed by atoms with Gasteiger partial charge in [0.15, 0.2) is 0 Å². The van der Waals surface area contributed by atoms with Crippen LogP contribution in [0.25, 0.3) is 10.8 Å². The summed E-state index contributed by atoms with van der Waals surface area (Å²) in [6.07, 6.45) is 2.56. The van der Waals surface area contributed by atoms with Crippen LogP contribution in [-0.2, 0) is 0 Å². The third-order valence-corrected chi connectivity index (χ3v) is 3.73. The van der Waals surface area contributed by atoms with E-state index in [1.54, 1.807) is 0 Å². The predicted molar refractivity (Wildman–Crippen MR) is 77.5 cm³/mol. The van der Waals surface area contributed by atoms with E-state index in [1.807, 2.05) is 7.05 Å². The molecule has 2 heterocycles. The van der Waals surface area contributed by atoms with Crippen molar-refractivity contribution < 1.29 is 0 Å². The van der Waals surface area contributed by atoms with Gasteiger partial charge in [0, 0.05) is 30.9 Å². The van der Waals surface area contributed by atoms with Crippen molar-refractivity contribution in [1.29, 1.82) is 0 Å². The van der Waals surface area contributed by atoms with E-state index in [-0.39, 0.29) is 0 Å². The number of benzene rings is 1. The number of anilines is 2. The molecule has 1 aliphatic heterocycles. The van der Waals surface area contributed by atoms with Crippen molar-refractivity contribution in [1.82, 2.24) is 4.98 Å². The number of pyridine rings is 1. The van der Waals surface area contributed by atoms with E-state index in [1.165, 1.54) is 23.6 Å². The van der Waals surface area contributed by atoms with E-state index in [0.717, 1.165) is 30.3 Å². The molecular formula is C15H19N3. The van der Waals surface area contributed by atoms with Gasteiger partial charge < -0.3 is 10.2 Å². The second-order valence-corrected chi connectivity index (χ2v) is 4.89. The van der Waals surface area contributed by atoms with Crippen LogP contribution in [0.15, 0.2) is 24.3 Å². The van der Waals surface area contributed by atoms with E-state index in [4.69, 9.17) is 4.98 Å². The van der Waals surface area contributed by atoms with Crippen LogP contribution in [0.5, 0.6) is 0 Å². The van der Waals surface area contributed by atoms with E-state index < -0.39 is 0 Å². The highest BCUT2D eigenvalue weighted by Gasteiger charge is 2.18. The molecule has 3 nitrogen and oxygen atoms in total. The molecule has 1 saturated heterocycles. The molecule has 1 fully saturated rings. The van der Waals surface area contributed by atoms with Gasteiger partial charge in [-0.3, -0.25) is 0 Å². The largest absolute Gasteiger partial charge is 0.386 e. The molecule has 0 radical (unpaired) electrons. The summed E-state index contributed by atoms with van der Waals surface area (Å²) in [7, 11) is 1.96. The lowest BCUT2D eigenvalue weighted by Gasteiger charge is -2.21. The maximum Gasteiger partial charge on any atom is 0.136 e. The molecule has 0 unspecified atom stereocenters. The van der Waals surface area contributed by atoms with E-state index >= 15 is 0 Å². The van der Waals surface area contributed by atoms with Crippen molar-refractivity contribution in [3.8, 4) is 0 Å². The molecule has 0 bridgehead atoms. The molecule has 0 aliphatic carbocycles. The van der Waals surface area contributed by atoms with Gasteiger partial charge in [-0.2, -0.15) is 0 Å². The zero-order valence-electron chi connectivity index (χ0n) is 11.0. The third-order valence-electron chi connectivity index (χ3n) is 3.73. The van der Waals surface area contributed by atoms with Gasteiger partial charge in [-0.25, -0.2) is 4.98 Å². The number of aryl methyl sites for hydroxylation is 1. The number of aromatic nitrogens is 1. The number of rotatable bonds is 2. The van der Waals surface area contributed by atoms with Crippen molar-refractivity contribution in [3.63, 3.8) is 0 Å². The number of hydrogen-bond donors (Lipinski definition) is 1. The summed E-state index contributed by atoms with van der Waals surface area (Å²) in [5.74, 6) is 1.15. The first kappa shape index (κ1) is 11.3. The SMILES string of the molecule is CNc1c(C)nc(N2CCCC2)c2ccccc12. The van der Waals surface area contributed by atoms with Crippen LogP contribution in [0.1, 0.15) is 18.5 Å². The molecule has 3 heteroatoms. The quantitative estimate of drug-likeness (QED) is 0.875. The van der Waals surface area contributed by atoms with Crippen LogP contribution in [0, 0.1) is 6.92 Å². The Labute approximate surface area is 108 Å². The second-order valence-electron chi connectivity index (χ2n) is 4.89. The summed E-state index contributed by atoms with van der Waals surface area (Å²) in [6, 6.07) is 8.54. The van der Waals surface area contributed by atoms with Crippen LogP contribution in [0.2, 0.25) is 0 Å². The smallest absolute Gasteiger partial charge is 0.136 e. The Morgan fingerprint density at radius 1 is 1.11 bits per heavy atom. The molecular weight excluding hydrogens is 222 g/mol. The lowest BCUT2D eigenvalue weighted by atomic mass is 10.1. The van der Waals surface area contributed by atoms with Crippen molar-refractivity contribution in [3.05, 3.63) is 30.0 Å². The van der Waals surface area contributed by atoms with Crippen molar-refractivity contribution >= 4 is 22.3 Å². The van der Waals surface area contributed by atoms with Gasteiger partial charge in [0.2, 0.25) is 0 Å². The molecule has 0 spiro atoms. The molecule has 3 rings (SSSR count). The molecule has 0 saturated carbocycles. The maximum atomic E-state index is 4.82. The summed E-state index contributed by atoms with van der Waals surface area (Å²) < 4.78 is 0. The standard InChI is InChI=1S/C15H19N3/c1-11-14(16-2)12-7-3-4-8-13(12)15(17-11)18-9-5-6-10-18/h3-4,7-8,16H,5-6,9-10H2,1-2H3. The lowest BCUT2D eigenvalue weighted by Crippen LogP contribution is -2.20. The number of nitrogens with zero attached hydrogens (tertiary/aromatic N) is 2. The molecule has 1 aromatic heterocycles. The van der Waals surface area contributed by atoms with E-state index in [2.05, 4.69) is 41.4 Å². The van der Waals surface area contributed by atoms with Crippen LogP contribution >= 0.6 is 0 Å². The third kappa shape index (κ3) is 1.70. The summed E-state index contributed by atoms with van der Waals surface area (Å²) in [6.45, 7) is 4.35. The predicted octanol–water partition coefficient (Wildman–Crippen LogP) is 3.19. The Kier molecular flexibility index (Phi) is 2.82. The lowest BCUT2D eigenvalue weighted by molar-refractivity contribution is 0.939. The minimum Gasteiger partial charge on any atom is -0.386 e. The Morgan fingerprint density at radius 2 is 1.78 bits per heavy atom. The highest BCUT2D eigenvalue weighted by atomic mass is 15.2. The number of fused-ring (bicyclic) bond motifs is 1. The Balaban J connectivity index is 2.25.